The Kier molecular flexibility index (Phi) is 8.89. The Bertz CT molecular complexity index is 832. The fourth-order valence-corrected chi connectivity index (χ4v) is 3.25. The maximum absolute atomic E-state index is 12.5. The van der Waals surface area contributed by atoms with Crippen LogP contribution in [-0.2, 0) is 22.7 Å². The van der Waals surface area contributed by atoms with Crippen molar-refractivity contribution < 1.29 is 19.1 Å². The lowest BCUT2D eigenvalue weighted by molar-refractivity contribution is -0.135. The molecule has 2 N–H and O–H groups in total. The Balaban J connectivity index is 1.69. The highest BCUT2D eigenvalue weighted by atomic mass is 16.5. The van der Waals surface area contributed by atoms with Crippen molar-refractivity contribution in [3.05, 3.63) is 59.7 Å². The predicted molar refractivity (Wildman–Crippen MR) is 123 cm³/mol. The zero-order valence-electron chi connectivity index (χ0n) is 18.8. The van der Waals surface area contributed by atoms with E-state index >= 15 is 0 Å². The van der Waals surface area contributed by atoms with Gasteiger partial charge in [-0.3, -0.25) is 9.59 Å². The molecule has 0 saturated carbocycles. The quantitative estimate of drug-likeness (QED) is 0.642. The molecule has 0 radical (unpaired) electrons. The van der Waals surface area contributed by atoms with Crippen LogP contribution in [-0.4, -0.2) is 75.1 Å². The summed E-state index contributed by atoms with van der Waals surface area (Å²) in [5.74, 6) is 1.11. The Hall–Kier alpha value is -3.10. The Morgan fingerprint density at radius 2 is 1.09 bits per heavy atom. The van der Waals surface area contributed by atoms with Crippen molar-refractivity contribution in [2.24, 2.45) is 0 Å². The summed E-state index contributed by atoms with van der Waals surface area (Å²) in [5.41, 5.74) is 2.00. The third-order valence-electron chi connectivity index (χ3n) is 5.38. The van der Waals surface area contributed by atoms with Crippen molar-refractivity contribution in [3.63, 3.8) is 0 Å². The minimum atomic E-state index is -0.141. The molecule has 1 aliphatic heterocycles. The van der Waals surface area contributed by atoms with E-state index in [9.17, 15) is 9.59 Å². The number of amides is 2. The molecule has 0 unspecified atom stereocenters. The molecule has 172 valence electrons. The van der Waals surface area contributed by atoms with E-state index in [2.05, 4.69) is 10.6 Å². The van der Waals surface area contributed by atoms with E-state index in [4.69, 9.17) is 9.47 Å². The highest BCUT2D eigenvalue weighted by Crippen LogP contribution is 2.19. The van der Waals surface area contributed by atoms with Gasteiger partial charge in [-0.15, -0.1) is 0 Å². The second kappa shape index (κ2) is 12.1. The molecule has 2 aromatic rings. The first-order valence-corrected chi connectivity index (χ1v) is 10.9. The summed E-state index contributed by atoms with van der Waals surface area (Å²) in [6.07, 6.45) is 0. The Labute approximate surface area is 189 Å². The normalized spacial score (nSPS) is 17.6. The van der Waals surface area contributed by atoms with Gasteiger partial charge in [-0.25, -0.2) is 0 Å². The molecule has 0 fully saturated rings. The van der Waals surface area contributed by atoms with Gasteiger partial charge in [0, 0.05) is 64.5 Å². The molecule has 0 atom stereocenters. The molecular formula is C24H32N4O4. The molecule has 2 aromatic carbocycles. The molecule has 1 heterocycles. The van der Waals surface area contributed by atoms with Crippen molar-refractivity contribution in [1.82, 2.24) is 20.4 Å². The summed E-state index contributed by atoms with van der Waals surface area (Å²) in [6, 6.07) is 15.4. The molecule has 0 spiro atoms. The van der Waals surface area contributed by atoms with Crippen molar-refractivity contribution in [1.29, 1.82) is 0 Å². The van der Waals surface area contributed by atoms with Crippen molar-refractivity contribution in [2.45, 2.75) is 13.1 Å². The molecule has 0 aromatic heterocycles. The highest BCUT2D eigenvalue weighted by molar-refractivity contribution is 5.78. The van der Waals surface area contributed by atoms with Gasteiger partial charge >= 0.3 is 0 Å². The number of nitrogens with zero attached hydrogens (tertiary/aromatic N) is 2. The van der Waals surface area contributed by atoms with Crippen LogP contribution in [0.2, 0.25) is 0 Å². The third-order valence-corrected chi connectivity index (χ3v) is 5.38. The number of nitrogens with one attached hydrogen (secondary N) is 2. The number of para-hydroxylation sites is 2. The van der Waals surface area contributed by atoms with Gasteiger partial charge in [-0.05, 0) is 12.1 Å². The number of carbonyl (C=O) groups is 2. The molecule has 0 saturated heterocycles. The molecular weight excluding hydrogens is 408 g/mol. The SMILES string of the molecule is CN1CCN(C)C(=O)COc2ccccc2CNCCNCc2ccccc2OCC1=O. The lowest BCUT2D eigenvalue weighted by Crippen LogP contribution is -2.40. The third kappa shape index (κ3) is 6.96. The van der Waals surface area contributed by atoms with Crippen LogP contribution >= 0.6 is 0 Å². The fourth-order valence-electron chi connectivity index (χ4n) is 3.25. The van der Waals surface area contributed by atoms with Crippen LogP contribution in [0.5, 0.6) is 11.5 Å². The van der Waals surface area contributed by atoms with Gasteiger partial charge in [0.15, 0.2) is 13.2 Å². The number of hydrogen-bond donors (Lipinski definition) is 2. The average molecular weight is 441 g/mol. The van der Waals surface area contributed by atoms with Crippen LogP contribution in [0.25, 0.3) is 0 Å². The molecule has 0 bridgehead atoms. The van der Waals surface area contributed by atoms with E-state index in [0.29, 0.717) is 37.7 Å². The van der Waals surface area contributed by atoms with Crippen LogP contribution in [0.15, 0.2) is 48.5 Å². The van der Waals surface area contributed by atoms with Crippen molar-refractivity contribution in [2.75, 3.05) is 53.5 Å². The number of benzene rings is 2. The standard InChI is InChI=1S/C24H32N4O4/c1-27-13-14-28(2)24(30)18-32-22-10-6-4-8-20(22)16-26-12-11-25-15-19-7-3-5-9-21(19)31-17-23(27)29/h3-10,25-26H,11-18H2,1-2H3. The summed E-state index contributed by atoms with van der Waals surface area (Å²) < 4.78 is 11.6. The number of rotatable bonds is 0. The van der Waals surface area contributed by atoms with Gasteiger partial charge in [0.2, 0.25) is 0 Å². The first-order valence-electron chi connectivity index (χ1n) is 10.9. The largest absolute Gasteiger partial charge is 0.483 e. The topological polar surface area (TPSA) is 83.1 Å². The zero-order valence-corrected chi connectivity index (χ0v) is 18.8. The van der Waals surface area contributed by atoms with Gasteiger partial charge in [0.1, 0.15) is 11.5 Å². The number of likely N-dealkylation sites (N-methyl/N-ethyl adjacent to an activating group) is 2. The molecule has 8 heteroatoms. The van der Waals surface area contributed by atoms with Crippen LogP contribution < -0.4 is 20.1 Å². The van der Waals surface area contributed by atoms with Crippen molar-refractivity contribution >= 4 is 11.8 Å². The summed E-state index contributed by atoms with van der Waals surface area (Å²) in [6.45, 7) is 3.55. The lowest BCUT2D eigenvalue weighted by Gasteiger charge is -2.23. The maximum Gasteiger partial charge on any atom is 0.260 e. The van der Waals surface area contributed by atoms with Crippen LogP contribution in [0, 0.1) is 0 Å². The van der Waals surface area contributed by atoms with Crippen LogP contribution in [0.3, 0.4) is 0 Å². The highest BCUT2D eigenvalue weighted by Gasteiger charge is 2.15. The van der Waals surface area contributed by atoms with Crippen LogP contribution in [0.4, 0.5) is 0 Å². The van der Waals surface area contributed by atoms with E-state index in [1.165, 1.54) is 0 Å². The predicted octanol–water partition coefficient (Wildman–Crippen LogP) is 1.25. The number of hydrogen-bond acceptors (Lipinski definition) is 6. The monoisotopic (exact) mass is 440 g/mol. The van der Waals surface area contributed by atoms with Gasteiger partial charge < -0.3 is 29.9 Å². The maximum atomic E-state index is 12.5. The van der Waals surface area contributed by atoms with Gasteiger partial charge in [-0.2, -0.15) is 0 Å². The van der Waals surface area contributed by atoms with Gasteiger partial charge in [-0.1, -0.05) is 36.4 Å². The second-order valence-corrected chi connectivity index (χ2v) is 7.78. The number of carbonyl (C=O) groups excluding carboxylic acids is 2. The van der Waals surface area contributed by atoms with E-state index in [1.54, 1.807) is 23.9 Å². The van der Waals surface area contributed by atoms with E-state index in [0.717, 1.165) is 24.2 Å². The molecule has 32 heavy (non-hydrogen) atoms. The Morgan fingerprint density at radius 1 is 0.688 bits per heavy atom. The summed E-state index contributed by atoms with van der Waals surface area (Å²) >= 11 is 0. The lowest BCUT2D eigenvalue weighted by atomic mass is 10.2. The minimum Gasteiger partial charge on any atom is -0.483 e. The fraction of sp³-hybridized carbons (Fsp3) is 0.417. The Morgan fingerprint density at radius 3 is 1.53 bits per heavy atom. The molecule has 0 aliphatic carbocycles. The summed E-state index contributed by atoms with van der Waals surface area (Å²) in [7, 11) is 3.42. The molecule has 8 nitrogen and oxygen atoms in total. The molecule has 3 rings (SSSR count). The van der Waals surface area contributed by atoms with E-state index in [-0.39, 0.29) is 25.0 Å². The summed E-state index contributed by atoms with van der Waals surface area (Å²) in [5, 5.41) is 6.80. The van der Waals surface area contributed by atoms with Crippen LogP contribution in [0.1, 0.15) is 11.1 Å². The van der Waals surface area contributed by atoms with E-state index in [1.807, 2.05) is 48.5 Å². The second-order valence-electron chi connectivity index (χ2n) is 7.78. The number of ether oxygens (including phenoxy) is 2. The van der Waals surface area contributed by atoms with Gasteiger partial charge in [0.05, 0.1) is 0 Å². The molecule has 2 amide bonds. The van der Waals surface area contributed by atoms with E-state index < -0.39 is 0 Å². The smallest absolute Gasteiger partial charge is 0.260 e. The number of fused-ring (bicyclic) bond motifs is 2. The minimum absolute atomic E-state index is 0.0490. The summed E-state index contributed by atoms with van der Waals surface area (Å²) in [4.78, 5) is 28.1. The first-order chi connectivity index (χ1) is 15.5. The first kappa shape index (κ1) is 23.6. The van der Waals surface area contributed by atoms with Gasteiger partial charge in [0.25, 0.3) is 11.8 Å². The van der Waals surface area contributed by atoms with Crippen molar-refractivity contribution in [3.8, 4) is 11.5 Å². The zero-order chi connectivity index (χ0) is 22.8. The average Bonchev–Trinajstić information content (AvgIpc) is 2.81. The molecule has 1 aliphatic rings.